The smallest absolute Gasteiger partial charge is 0.335 e. The first-order chi connectivity index (χ1) is 12.3. The quantitative estimate of drug-likeness (QED) is 0.864. The summed E-state index contributed by atoms with van der Waals surface area (Å²) >= 11 is 0. The molecule has 26 heavy (non-hydrogen) atoms. The predicted molar refractivity (Wildman–Crippen MR) is 96.8 cm³/mol. The van der Waals surface area contributed by atoms with Crippen molar-refractivity contribution >= 4 is 16.0 Å². The third kappa shape index (κ3) is 3.52. The van der Waals surface area contributed by atoms with Gasteiger partial charge in [-0.15, -0.1) is 0 Å². The molecule has 1 aromatic carbocycles. The average molecular weight is 377 g/mol. The van der Waals surface area contributed by atoms with Gasteiger partial charge in [-0.2, -0.15) is 9.40 Å². The molecule has 0 unspecified atom stereocenters. The van der Waals surface area contributed by atoms with Gasteiger partial charge in [0.05, 0.1) is 11.3 Å². The van der Waals surface area contributed by atoms with E-state index in [2.05, 4.69) is 5.10 Å². The number of carboxylic acid groups (broad SMARTS) is 1. The molecule has 2 heterocycles. The van der Waals surface area contributed by atoms with Crippen molar-refractivity contribution in [3.05, 3.63) is 47.2 Å². The first kappa shape index (κ1) is 18.6. The van der Waals surface area contributed by atoms with E-state index in [9.17, 15) is 13.2 Å². The molecule has 0 aliphatic carbocycles. The Balaban J connectivity index is 1.84. The number of sulfonamides is 1. The van der Waals surface area contributed by atoms with Crippen LogP contribution in [0.2, 0.25) is 0 Å². The first-order valence-corrected chi connectivity index (χ1v) is 10.1. The van der Waals surface area contributed by atoms with E-state index in [1.165, 1.54) is 8.99 Å². The van der Waals surface area contributed by atoms with E-state index in [4.69, 9.17) is 5.11 Å². The summed E-state index contributed by atoms with van der Waals surface area (Å²) < 4.78 is 29.2. The van der Waals surface area contributed by atoms with Crippen LogP contribution in [0.15, 0.2) is 35.4 Å². The number of benzene rings is 1. The third-order valence-corrected chi connectivity index (χ3v) is 6.65. The minimum Gasteiger partial charge on any atom is -0.478 e. The van der Waals surface area contributed by atoms with Crippen molar-refractivity contribution in [3.63, 3.8) is 0 Å². The van der Waals surface area contributed by atoms with Gasteiger partial charge in [0.15, 0.2) is 5.03 Å². The Kier molecular flexibility index (Phi) is 5.15. The summed E-state index contributed by atoms with van der Waals surface area (Å²) in [5, 5.41) is 13.5. The highest BCUT2D eigenvalue weighted by Gasteiger charge is 2.33. The zero-order valence-corrected chi connectivity index (χ0v) is 15.7. The molecule has 1 fully saturated rings. The van der Waals surface area contributed by atoms with Gasteiger partial charge >= 0.3 is 5.97 Å². The highest BCUT2D eigenvalue weighted by Crippen LogP contribution is 2.30. The third-order valence-electron chi connectivity index (χ3n) is 4.78. The lowest BCUT2D eigenvalue weighted by Gasteiger charge is -2.32. The minimum atomic E-state index is -3.61. The zero-order valence-electron chi connectivity index (χ0n) is 14.9. The summed E-state index contributed by atoms with van der Waals surface area (Å²) in [5.41, 5.74) is 1.88. The number of hydrogen-bond acceptors (Lipinski definition) is 4. The molecule has 140 valence electrons. The summed E-state index contributed by atoms with van der Waals surface area (Å²) in [6.45, 7) is 5.03. The number of piperidine rings is 1. The fourth-order valence-electron chi connectivity index (χ4n) is 3.42. The largest absolute Gasteiger partial charge is 0.478 e. The molecule has 7 nitrogen and oxygen atoms in total. The molecule has 1 N–H and O–H groups in total. The van der Waals surface area contributed by atoms with Crippen LogP contribution in [-0.4, -0.2) is 46.7 Å². The number of rotatable bonds is 5. The van der Waals surface area contributed by atoms with Gasteiger partial charge in [0.2, 0.25) is 0 Å². The topological polar surface area (TPSA) is 92.5 Å². The lowest BCUT2D eigenvalue weighted by Crippen LogP contribution is -2.39. The normalized spacial score (nSPS) is 18.8. The maximum Gasteiger partial charge on any atom is 0.335 e. The zero-order chi connectivity index (χ0) is 18.9. The highest BCUT2D eigenvalue weighted by atomic mass is 32.2. The molecular formula is C18H23N3O4S. The number of aromatic nitrogens is 2. The van der Waals surface area contributed by atoms with Crippen LogP contribution in [-0.2, 0) is 16.6 Å². The lowest BCUT2D eigenvalue weighted by atomic mass is 9.91. The molecular weight excluding hydrogens is 354 g/mol. The van der Waals surface area contributed by atoms with Crippen LogP contribution in [0.5, 0.6) is 0 Å². The van der Waals surface area contributed by atoms with Crippen molar-refractivity contribution < 1.29 is 18.3 Å². The second-order valence-corrected chi connectivity index (χ2v) is 8.45. The summed E-state index contributed by atoms with van der Waals surface area (Å²) in [6, 6.07) is 8.32. The number of nitrogens with zero attached hydrogens (tertiary/aromatic N) is 3. The summed E-state index contributed by atoms with van der Waals surface area (Å²) in [7, 11) is -3.61. The van der Waals surface area contributed by atoms with E-state index >= 15 is 0 Å². The van der Waals surface area contributed by atoms with Crippen LogP contribution >= 0.6 is 0 Å². The fourth-order valence-corrected chi connectivity index (χ4v) is 5.18. The van der Waals surface area contributed by atoms with Gasteiger partial charge < -0.3 is 5.11 Å². The van der Waals surface area contributed by atoms with Crippen molar-refractivity contribution in [1.82, 2.24) is 14.1 Å². The van der Waals surface area contributed by atoms with Crippen LogP contribution in [0.25, 0.3) is 0 Å². The SMILES string of the molecule is CCn1nc(C)cc1S(=O)(=O)N1CCC[C@H](c2ccc(C(=O)O)cc2)C1. The van der Waals surface area contributed by atoms with Gasteiger partial charge in [-0.3, -0.25) is 4.68 Å². The molecule has 8 heteroatoms. The van der Waals surface area contributed by atoms with Gasteiger partial charge in [-0.1, -0.05) is 12.1 Å². The minimum absolute atomic E-state index is 0.0560. The second kappa shape index (κ2) is 7.20. The van der Waals surface area contributed by atoms with E-state index < -0.39 is 16.0 Å². The molecule has 1 atom stereocenters. The summed E-state index contributed by atoms with van der Waals surface area (Å²) in [6.07, 6.45) is 1.65. The second-order valence-electron chi connectivity index (χ2n) is 6.57. The molecule has 1 aromatic heterocycles. The Hall–Kier alpha value is -2.19. The number of carboxylic acids is 1. The van der Waals surface area contributed by atoms with E-state index in [1.54, 1.807) is 37.3 Å². The highest BCUT2D eigenvalue weighted by molar-refractivity contribution is 7.89. The number of aromatic carboxylic acids is 1. The van der Waals surface area contributed by atoms with Gasteiger partial charge in [0, 0.05) is 19.6 Å². The van der Waals surface area contributed by atoms with Gasteiger partial charge in [0.1, 0.15) is 0 Å². The standard InChI is InChI=1S/C18H23N3O4S/c1-3-21-17(11-13(2)19-21)26(24,25)20-10-4-5-16(12-20)14-6-8-15(9-7-14)18(22)23/h6-9,11,16H,3-5,10,12H2,1-2H3,(H,22,23)/t16-/m0/s1. The Morgan fingerprint density at radius 1 is 1.31 bits per heavy atom. The molecule has 1 saturated heterocycles. The first-order valence-electron chi connectivity index (χ1n) is 8.70. The van der Waals surface area contributed by atoms with E-state index in [-0.39, 0.29) is 16.5 Å². The van der Waals surface area contributed by atoms with E-state index in [0.29, 0.717) is 25.3 Å². The van der Waals surface area contributed by atoms with E-state index in [0.717, 1.165) is 18.4 Å². The molecule has 1 aliphatic rings. The monoisotopic (exact) mass is 377 g/mol. The van der Waals surface area contributed by atoms with Gasteiger partial charge in [-0.05, 0) is 56.4 Å². The van der Waals surface area contributed by atoms with Crippen LogP contribution in [0.4, 0.5) is 0 Å². The van der Waals surface area contributed by atoms with Crippen molar-refractivity contribution in [2.45, 2.75) is 44.2 Å². The van der Waals surface area contributed by atoms with Crippen LogP contribution in [0.3, 0.4) is 0 Å². The Morgan fingerprint density at radius 3 is 2.62 bits per heavy atom. The van der Waals surface area contributed by atoms with E-state index in [1.807, 2.05) is 6.92 Å². The molecule has 0 amide bonds. The Morgan fingerprint density at radius 2 is 2.00 bits per heavy atom. The van der Waals surface area contributed by atoms with Crippen molar-refractivity contribution in [2.24, 2.45) is 0 Å². The fraction of sp³-hybridized carbons (Fsp3) is 0.444. The van der Waals surface area contributed by atoms with Crippen molar-refractivity contribution in [1.29, 1.82) is 0 Å². The maximum absolute atomic E-state index is 13.1. The van der Waals surface area contributed by atoms with Crippen LogP contribution < -0.4 is 0 Å². The molecule has 0 saturated carbocycles. The number of aryl methyl sites for hydroxylation is 2. The van der Waals surface area contributed by atoms with Crippen molar-refractivity contribution in [3.8, 4) is 0 Å². The summed E-state index contributed by atoms with van der Waals surface area (Å²) in [4.78, 5) is 11.0. The van der Waals surface area contributed by atoms with Crippen molar-refractivity contribution in [2.75, 3.05) is 13.1 Å². The molecule has 0 spiro atoms. The van der Waals surface area contributed by atoms with Gasteiger partial charge in [-0.25, -0.2) is 13.2 Å². The molecule has 0 radical (unpaired) electrons. The lowest BCUT2D eigenvalue weighted by molar-refractivity contribution is 0.0697. The van der Waals surface area contributed by atoms with Gasteiger partial charge in [0.25, 0.3) is 10.0 Å². The molecule has 3 rings (SSSR count). The Labute approximate surface area is 153 Å². The maximum atomic E-state index is 13.1. The molecule has 0 bridgehead atoms. The average Bonchev–Trinajstić information content (AvgIpc) is 3.03. The number of hydrogen-bond donors (Lipinski definition) is 1. The van der Waals surface area contributed by atoms with Crippen LogP contribution in [0.1, 0.15) is 47.3 Å². The molecule has 2 aromatic rings. The molecule has 1 aliphatic heterocycles. The van der Waals surface area contributed by atoms with Crippen LogP contribution in [0, 0.1) is 6.92 Å². The summed E-state index contributed by atoms with van der Waals surface area (Å²) in [5.74, 6) is -0.909. The number of carbonyl (C=O) groups is 1. The Bertz CT molecular complexity index is 903. The predicted octanol–water partition coefficient (Wildman–Crippen LogP) is 2.48.